The number of likely N-dealkylation sites (tertiary alicyclic amines) is 2. The van der Waals surface area contributed by atoms with Gasteiger partial charge in [0.1, 0.15) is 0 Å². The Balaban J connectivity index is 0.000000457. The highest BCUT2D eigenvalue weighted by Gasteiger charge is 2.45. The lowest BCUT2D eigenvalue weighted by Crippen LogP contribution is -2.55. The van der Waals surface area contributed by atoms with Gasteiger partial charge in [0.15, 0.2) is 0 Å². The Morgan fingerprint density at radius 3 is 2.38 bits per heavy atom. The van der Waals surface area contributed by atoms with Crippen molar-refractivity contribution >= 4 is 0 Å². The Kier molecular flexibility index (Phi) is 3.88. The van der Waals surface area contributed by atoms with Gasteiger partial charge in [0.05, 0.1) is 0 Å². The molecule has 0 bridgehead atoms. The van der Waals surface area contributed by atoms with Gasteiger partial charge in [-0.2, -0.15) is 0 Å². The number of rotatable bonds is 1. The summed E-state index contributed by atoms with van der Waals surface area (Å²) in [5.74, 6) is 0. The molecule has 1 spiro atoms. The summed E-state index contributed by atoms with van der Waals surface area (Å²) in [4.78, 5) is 5.21. The van der Waals surface area contributed by atoms with E-state index in [1.54, 1.807) is 0 Å². The number of nitrogens with zero attached hydrogens (tertiary/aromatic N) is 2. The summed E-state index contributed by atoms with van der Waals surface area (Å²) in [5.41, 5.74) is 0.682. The molecular weight excluding hydrogens is 198 g/mol. The van der Waals surface area contributed by atoms with Crippen molar-refractivity contribution in [3.63, 3.8) is 0 Å². The van der Waals surface area contributed by atoms with Gasteiger partial charge in [-0.3, -0.25) is 4.90 Å². The topological polar surface area (TPSA) is 18.5 Å². The molecule has 0 aliphatic carbocycles. The minimum atomic E-state index is 0.682. The maximum atomic E-state index is 3.43. The molecule has 1 N–H and O–H groups in total. The van der Waals surface area contributed by atoms with Crippen molar-refractivity contribution < 1.29 is 0 Å². The van der Waals surface area contributed by atoms with Gasteiger partial charge in [-0.05, 0) is 33.0 Å². The van der Waals surface area contributed by atoms with Crippen LogP contribution in [-0.4, -0.2) is 62.2 Å². The highest BCUT2D eigenvalue weighted by molar-refractivity contribution is 5.01. The molecule has 3 aliphatic heterocycles. The molecule has 0 radical (unpaired) electrons. The molecule has 3 fully saturated rings. The summed E-state index contributed by atoms with van der Waals surface area (Å²) in [5, 5.41) is 3.43. The second-order valence-corrected chi connectivity index (χ2v) is 5.53. The smallest absolute Gasteiger partial charge is 0.0235 e. The Morgan fingerprint density at radius 2 is 1.94 bits per heavy atom. The summed E-state index contributed by atoms with van der Waals surface area (Å²) in [6.07, 6.45) is 2.82. The molecule has 3 aliphatic rings. The first kappa shape index (κ1) is 12.3. The van der Waals surface area contributed by atoms with Crippen molar-refractivity contribution in [3.05, 3.63) is 0 Å². The summed E-state index contributed by atoms with van der Waals surface area (Å²) in [6.45, 7) is 11.8. The molecule has 16 heavy (non-hydrogen) atoms. The van der Waals surface area contributed by atoms with E-state index in [0.717, 1.165) is 6.04 Å². The van der Waals surface area contributed by atoms with Crippen LogP contribution in [0.3, 0.4) is 0 Å². The number of hydrogen-bond donors (Lipinski definition) is 1. The maximum Gasteiger partial charge on any atom is 0.0235 e. The van der Waals surface area contributed by atoms with Crippen LogP contribution in [0, 0.1) is 5.41 Å². The van der Waals surface area contributed by atoms with Crippen LogP contribution in [0.2, 0.25) is 0 Å². The summed E-state index contributed by atoms with van der Waals surface area (Å²) in [7, 11) is 2.25. The molecule has 0 aromatic heterocycles. The third-order valence-electron chi connectivity index (χ3n) is 4.35. The molecule has 1 atom stereocenters. The third kappa shape index (κ3) is 2.27. The van der Waals surface area contributed by atoms with E-state index in [2.05, 4.69) is 22.2 Å². The predicted octanol–water partition coefficient (Wildman–Crippen LogP) is 1.01. The zero-order chi connectivity index (χ0) is 11.6. The first-order valence-corrected chi connectivity index (χ1v) is 6.91. The van der Waals surface area contributed by atoms with Gasteiger partial charge in [0, 0.05) is 37.6 Å². The van der Waals surface area contributed by atoms with E-state index in [-0.39, 0.29) is 0 Å². The average Bonchev–Trinajstić information content (AvgIpc) is 2.85. The molecule has 3 nitrogen and oxygen atoms in total. The lowest BCUT2D eigenvalue weighted by Gasteiger charge is -2.39. The van der Waals surface area contributed by atoms with Crippen LogP contribution >= 0.6 is 0 Å². The van der Waals surface area contributed by atoms with E-state index >= 15 is 0 Å². The van der Waals surface area contributed by atoms with Crippen LogP contribution in [0.25, 0.3) is 0 Å². The molecule has 0 saturated carbocycles. The quantitative estimate of drug-likeness (QED) is 0.718. The molecule has 3 heterocycles. The summed E-state index contributed by atoms with van der Waals surface area (Å²) in [6, 6.07) is 0.861. The Morgan fingerprint density at radius 1 is 1.19 bits per heavy atom. The second kappa shape index (κ2) is 5.03. The highest BCUT2D eigenvalue weighted by Crippen LogP contribution is 2.36. The lowest BCUT2D eigenvalue weighted by atomic mass is 9.81. The van der Waals surface area contributed by atoms with Gasteiger partial charge < -0.3 is 10.2 Å². The predicted molar refractivity (Wildman–Crippen MR) is 68.7 cm³/mol. The van der Waals surface area contributed by atoms with Gasteiger partial charge >= 0.3 is 0 Å². The van der Waals surface area contributed by atoms with Crippen LogP contribution in [0.15, 0.2) is 0 Å². The fourth-order valence-electron chi connectivity index (χ4n) is 3.26. The standard InChI is InChI=1S/C11H21N3.C2H6/c1-13-4-2-10(6-13)14-5-3-11(9-14)7-12-8-11;1-2/h10,12H,2-9H2,1H3;1-2H3. The van der Waals surface area contributed by atoms with Crippen molar-refractivity contribution in [2.75, 3.05) is 46.3 Å². The normalized spacial score (nSPS) is 33.6. The van der Waals surface area contributed by atoms with Crippen molar-refractivity contribution in [2.45, 2.75) is 32.7 Å². The Bertz CT molecular complexity index is 225. The van der Waals surface area contributed by atoms with Crippen molar-refractivity contribution in [2.24, 2.45) is 5.41 Å². The molecule has 3 saturated heterocycles. The van der Waals surface area contributed by atoms with Gasteiger partial charge in [-0.1, -0.05) is 13.8 Å². The van der Waals surface area contributed by atoms with E-state index < -0.39 is 0 Å². The molecule has 3 rings (SSSR count). The van der Waals surface area contributed by atoms with Crippen LogP contribution in [0.4, 0.5) is 0 Å². The number of hydrogen-bond acceptors (Lipinski definition) is 3. The van der Waals surface area contributed by atoms with E-state index in [1.165, 1.54) is 52.1 Å². The van der Waals surface area contributed by atoms with E-state index in [1.807, 2.05) is 13.8 Å². The second-order valence-electron chi connectivity index (χ2n) is 5.53. The zero-order valence-corrected chi connectivity index (χ0v) is 11.1. The van der Waals surface area contributed by atoms with Crippen molar-refractivity contribution in [1.82, 2.24) is 15.1 Å². The number of likely N-dealkylation sites (N-methyl/N-ethyl adjacent to an activating group) is 1. The Labute approximate surface area is 100 Å². The van der Waals surface area contributed by atoms with Crippen LogP contribution in [-0.2, 0) is 0 Å². The van der Waals surface area contributed by atoms with E-state index in [4.69, 9.17) is 0 Å². The third-order valence-corrected chi connectivity index (χ3v) is 4.35. The molecular formula is C13H27N3. The van der Waals surface area contributed by atoms with Gasteiger partial charge in [-0.25, -0.2) is 0 Å². The molecule has 0 aromatic carbocycles. The van der Waals surface area contributed by atoms with Crippen LogP contribution in [0.1, 0.15) is 26.7 Å². The molecule has 0 amide bonds. The maximum absolute atomic E-state index is 3.43. The van der Waals surface area contributed by atoms with Gasteiger partial charge in [0.25, 0.3) is 0 Å². The van der Waals surface area contributed by atoms with Gasteiger partial charge in [-0.15, -0.1) is 0 Å². The van der Waals surface area contributed by atoms with Gasteiger partial charge in [0.2, 0.25) is 0 Å². The van der Waals surface area contributed by atoms with Crippen molar-refractivity contribution in [3.8, 4) is 0 Å². The first-order chi connectivity index (χ1) is 7.77. The monoisotopic (exact) mass is 225 g/mol. The number of nitrogens with one attached hydrogen (secondary N) is 1. The van der Waals surface area contributed by atoms with Crippen molar-refractivity contribution in [1.29, 1.82) is 0 Å². The largest absolute Gasteiger partial charge is 0.315 e. The van der Waals surface area contributed by atoms with E-state index in [0.29, 0.717) is 5.41 Å². The highest BCUT2D eigenvalue weighted by atomic mass is 15.3. The SMILES string of the molecule is CC.CN1CCC(N2CCC3(CNC3)C2)C1. The van der Waals surface area contributed by atoms with Crippen LogP contribution < -0.4 is 5.32 Å². The molecule has 3 heteroatoms. The van der Waals surface area contributed by atoms with Crippen LogP contribution in [0.5, 0.6) is 0 Å². The average molecular weight is 225 g/mol. The minimum absolute atomic E-state index is 0.682. The fourth-order valence-corrected chi connectivity index (χ4v) is 3.26. The minimum Gasteiger partial charge on any atom is -0.315 e. The molecule has 1 unspecified atom stereocenters. The summed E-state index contributed by atoms with van der Waals surface area (Å²) < 4.78 is 0. The summed E-state index contributed by atoms with van der Waals surface area (Å²) >= 11 is 0. The molecule has 94 valence electrons. The van der Waals surface area contributed by atoms with E-state index in [9.17, 15) is 0 Å². The Hall–Kier alpha value is -0.120. The molecule has 0 aromatic rings. The lowest BCUT2D eigenvalue weighted by molar-refractivity contribution is 0.150. The first-order valence-electron chi connectivity index (χ1n) is 6.91. The fraction of sp³-hybridized carbons (Fsp3) is 1.00. The zero-order valence-electron chi connectivity index (χ0n) is 11.1.